The van der Waals surface area contributed by atoms with Crippen LogP contribution in [0, 0.1) is 0 Å². The number of aryl methyl sites for hydroxylation is 2. The zero-order chi connectivity index (χ0) is 14.8. The summed E-state index contributed by atoms with van der Waals surface area (Å²) < 4.78 is 0. The van der Waals surface area contributed by atoms with Crippen LogP contribution in [0.5, 0.6) is 0 Å². The van der Waals surface area contributed by atoms with Crippen LogP contribution in [-0.2, 0) is 19.4 Å². The van der Waals surface area contributed by atoms with Gasteiger partial charge in [-0.05, 0) is 48.1 Å². The van der Waals surface area contributed by atoms with Gasteiger partial charge >= 0.3 is 0 Å². The summed E-state index contributed by atoms with van der Waals surface area (Å²) in [6.45, 7) is 0.868. The van der Waals surface area contributed by atoms with Crippen molar-refractivity contribution in [1.29, 1.82) is 0 Å². The number of benzene rings is 2. The molecule has 0 saturated heterocycles. The number of hydrogen-bond donors (Lipinski definition) is 1. The molecule has 1 aliphatic carbocycles. The lowest BCUT2D eigenvalue weighted by Gasteiger charge is -2.22. The van der Waals surface area contributed by atoms with Gasteiger partial charge in [-0.25, -0.2) is 0 Å². The SMILES string of the molecule is CN(Cc1ccc2c(c1)CCC2)c1ccccc1C(N)=S. The van der Waals surface area contributed by atoms with Gasteiger partial charge in [0, 0.05) is 24.8 Å². The highest BCUT2D eigenvalue weighted by molar-refractivity contribution is 7.80. The fourth-order valence-corrected chi connectivity index (χ4v) is 3.27. The van der Waals surface area contributed by atoms with Crippen molar-refractivity contribution < 1.29 is 0 Å². The molecule has 21 heavy (non-hydrogen) atoms. The van der Waals surface area contributed by atoms with Crippen LogP contribution in [0.15, 0.2) is 42.5 Å². The van der Waals surface area contributed by atoms with Gasteiger partial charge in [0.2, 0.25) is 0 Å². The first-order chi connectivity index (χ1) is 10.1. The first-order valence-corrected chi connectivity index (χ1v) is 7.76. The van der Waals surface area contributed by atoms with Crippen molar-refractivity contribution >= 4 is 22.9 Å². The van der Waals surface area contributed by atoms with Crippen molar-refractivity contribution in [2.75, 3.05) is 11.9 Å². The molecule has 0 unspecified atom stereocenters. The average Bonchev–Trinajstić information content (AvgIpc) is 2.94. The maximum Gasteiger partial charge on any atom is 0.106 e. The van der Waals surface area contributed by atoms with E-state index in [2.05, 4.69) is 36.2 Å². The number of anilines is 1. The van der Waals surface area contributed by atoms with Crippen LogP contribution in [0.4, 0.5) is 5.69 Å². The van der Waals surface area contributed by atoms with Crippen LogP contribution in [0.25, 0.3) is 0 Å². The minimum absolute atomic E-state index is 0.450. The summed E-state index contributed by atoms with van der Waals surface area (Å²) in [7, 11) is 2.09. The number of nitrogens with zero attached hydrogens (tertiary/aromatic N) is 1. The number of fused-ring (bicyclic) bond motifs is 1. The number of rotatable bonds is 4. The van der Waals surface area contributed by atoms with E-state index >= 15 is 0 Å². The summed E-state index contributed by atoms with van der Waals surface area (Å²) in [6.07, 6.45) is 3.74. The molecule has 0 aromatic heterocycles. The third-order valence-electron chi connectivity index (χ3n) is 4.16. The number of para-hydroxylation sites is 1. The van der Waals surface area contributed by atoms with E-state index in [4.69, 9.17) is 18.0 Å². The lowest BCUT2D eigenvalue weighted by molar-refractivity contribution is 0.907. The van der Waals surface area contributed by atoms with Crippen LogP contribution >= 0.6 is 12.2 Å². The molecule has 0 atom stereocenters. The topological polar surface area (TPSA) is 29.3 Å². The molecule has 2 aromatic carbocycles. The van der Waals surface area contributed by atoms with E-state index < -0.39 is 0 Å². The molecule has 1 aliphatic rings. The molecule has 3 rings (SSSR count). The molecule has 0 bridgehead atoms. The lowest BCUT2D eigenvalue weighted by Crippen LogP contribution is -2.21. The quantitative estimate of drug-likeness (QED) is 0.876. The van der Waals surface area contributed by atoms with Gasteiger partial charge in [0.1, 0.15) is 4.99 Å². The van der Waals surface area contributed by atoms with Crippen LogP contribution < -0.4 is 10.6 Å². The molecule has 0 aliphatic heterocycles. The maximum atomic E-state index is 5.82. The monoisotopic (exact) mass is 296 g/mol. The van der Waals surface area contributed by atoms with Gasteiger partial charge in [-0.2, -0.15) is 0 Å². The summed E-state index contributed by atoms with van der Waals surface area (Å²) in [6, 6.07) is 14.9. The molecule has 2 N–H and O–H groups in total. The molecule has 0 spiro atoms. The predicted octanol–water partition coefficient (Wildman–Crippen LogP) is 3.45. The predicted molar refractivity (Wildman–Crippen MR) is 92.9 cm³/mol. The van der Waals surface area contributed by atoms with E-state index in [1.165, 1.54) is 36.0 Å². The highest BCUT2D eigenvalue weighted by Gasteiger charge is 2.13. The summed E-state index contributed by atoms with van der Waals surface area (Å²) in [5, 5.41) is 0. The minimum atomic E-state index is 0.450. The van der Waals surface area contributed by atoms with Crippen LogP contribution in [0.2, 0.25) is 0 Å². The number of thiocarbonyl (C=S) groups is 1. The fourth-order valence-electron chi connectivity index (χ4n) is 3.10. The second-order valence-corrected chi connectivity index (χ2v) is 6.13. The van der Waals surface area contributed by atoms with Gasteiger partial charge in [-0.15, -0.1) is 0 Å². The van der Waals surface area contributed by atoms with E-state index in [9.17, 15) is 0 Å². The van der Waals surface area contributed by atoms with Gasteiger partial charge in [-0.3, -0.25) is 0 Å². The van der Waals surface area contributed by atoms with Crippen molar-refractivity contribution in [2.24, 2.45) is 5.73 Å². The molecule has 0 heterocycles. The van der Waals surface area contributed by atoms with Crippen LogP contribution in [-0.4, -0.2) is 12.0 Å². The molecule has 0 radical (unpaired) electrons. The van der Waals surface area contributed by atoms with E-state index in [1.54, 1.807) is 0 Å². The third kappa shape index (κ3) is 2.93. The number of nitrogens with two attached hydrogens (primary N) is 1. The Labute approximate surface area is 131 Å². The second kappa shape index (κ2) is 5.86. The third-order valence-corrected chi connectivity index (χ3v) is 4.38. The molecule has 0 fully saturated rings. The van der Waals surface area contributed by atoms with Crippen LogP contribution in [0.1, 0.15) is 28.7 Å². The van der Waals surface area contributed by atoms with Gasteiger partial charge in [-0.1, -0.05) is 42.5 Å². The van der Waals surface area contributed by atoms with E-state index in [-0.39, 0.29) is 0 Å². The lowest BCUT2D eigenvalue weighted by atomic mass is 10.1. The average molecular weight is 296 g/mol. The molecule has 2 aromatic rings. The van der Waals surface area contributed by atoms with Gasteiger partial charge in [0.05, 0.1) is 0 Å². The standard InChI is InChI=1S/C18H20N2S/c1-20(17-8-3-2-7-16(17)18(19)21)12-13-9-10-14-5-4-6-15(14)11-13/h2-3,7-11H,4-6,12H2,1H3,(H2,19,21). The first-order valence-electron chi connectivity index (χ1n) is 7.36. The Morgan fingerprint density at radius 1 is 1.14 bits per heavy atom. The number of hydrogen-bond acceptors (Lipinski definition) is 2. The smallest absolute Gasteiger partial charge is 0.106 e. The molecular weight excluding hydrogens is 276 g/mol. The van der Waals surface area contributed by atoms with E-state index in [0.29, 0.717) is 4.99 Å². The summed E-state index contributed by atoms with van der Waals surface area (Å²) in [4.78, 5) is 2.66. The molecule has 3 heteroatoms. The molecule has 108 valence electrons. The van der Waals surface area contributed by atoms with Crippen molar-refractivity contribution in [3.05, 3.63) is 64.7 Å². The maximum absolute atomic E-state index is 5.82. The Morgan fingerprint density at radius 2 is 1.90 bits per heavy atom. The van der Waals surface area contributed by atoms with E-state index in [1.807, 2.05) is 18.2 Å². The largest absolute Gasteiger partial charge is 0.389 e. The fraction of sp³-hybridized carbons (Fsp3) is 0.278. The zero-order valence-corrected chi connectivity index (χ0v) is 13.1. The highest BCUT2D eigenvalue weighted by atomic mass is 32.1. The van der Waals surface area contributed by atoms with Crippen molar-refractivity contribution in [2.45, 2.75) is 25.8 Å². The van der Waals surface area contributed by atoms with Crippen LogP contribution in [0.3, 0.4) is 0 Å². The van der Waals surface area contributed by atoms with E-state index in [0.717, 1.165) is 17.8 Å². The Kier molecular flexibility index (Phi) is 3.93. The Morgan fingerprint density at radius 3 is 2.71 bits per heavy atom. The molecule has 2 nitrogen and oxygen atoms in total. The Hall–Kier alpha value is -1.87. The summed E-state index contributed by atoms with van der Waals surface area (Å²) >= 11 is 5.15. The van der Waals surface area contributed by atoms with Crippen molar-refractivity contribution in [3.8, 4) is 0 Å². The normalized spacial score (nSPS) is 13.0. The highest BCUT2D eigenvalue weighted by Crippen LogP contribution is 2.25. The van der Waals surface area contributed by atoms with Crippen molar-refractivity contribution in [3.63, 3.8) is 0 Å². The molecular formula is C18H20N2S. The van der Waals surface area contributed by atoms with Gasteiger partial charge in [0.15, 0.2) is 0 Å². The molecule has 0 saturated carbocycles. The Balaban J connectivity index is 1.83. The first kappa shape index (κ1) is 14.1. The molecule has 0 amide bonds. The zero-order valence-electron chi connectivity index (χ0n) is 12.3. The van der Waals surface area contributed by atoms with Crippen molar-refractivity contribution in [1.82, 2.24) is 0 Å². The van der Waals surface area contributed by atoms with Gasteiger partial charge < -0.3 is 10.6 Å². The summed E-state index contributed by atoms with van der Waals surface area (Å²) in [5.74, 6) is 0. The Bertz CT molecular complexity index is 679. The second-order valence-electron chi connectivity index (χ2n) is 5.69. The summed E-state index contributed by atoms with van der Waals surface area (Å²) in [5.41, 5.74) is 12.2. The minimum Gasteiger partial charge on any atom is -0.389 e. The van der Waals surface area contributed by atoms with Gasteiger partial charge in [0.25, 0.3) is 0 Å².